The molecule has 1 aliphatic rings. The lowest BCUT2D eigenvalue weighted by Crippen LogP contribution is -2.42. The van der Waals surface area contributed by atoms with E-state index in [0.29, 0.717) is 5.75 Å². The van der Waals surface area contributed by atoms with Crippen LogP contribution >= 0.6 is 11.8 Å². The van der Waals surface area contributed by atoms with Crippen LogP contribution in [0.25, 0.3) is 0 Å². The monoisotopic (exact) mass is 270 g/mol. The van der Waals surface area contributed by atoms with Crippen LogP contribution in [0.3, 0.4) is 0 Å². The van der Waals surface area contributed by atoms with Crippen LogP contribution in [0.2, 0.25) is 0 Å². The second-order valence-electron chi connectivity index (χ2n) is 3.75. The zero-order valence-electron chi connectivity index (χ0n) is 9.12. The number of aliphatic carboxylic acids is 1. The molecule has 1 aliphatic heterocycles. The highest BCUT2D eigenvalue weighted by atomic mass is 32.2. The van der Waals surface area contributed by atoms with Gasteiger partial charge in [-0.1, -0.05) is 0 Å². The Bertz CT molecular complexity index is 555. The zero-order valence-corrected chi connectivity index (χ0v) is 9.94. The standard InChI is InChI=1S/C10H10N2O5S/c13-7-1-5(2-8(14)11-7)9(15)12-4-18-3-6(12)10(16)17/h1-2,6H,3-4H2,(H,16,17)(H2,11,13,14)/t6-/m0/s1. The Kier molecular flexibility index (Phi) is 3.28. The van der Waals surface area contributed by atoms with Crippen molar-refractivity contribution in [3.8, 4) is 5.88 Å². The number of nitrogens with zero attached hydrogens (tertiary/aromatic N) is 1. The maximum atomic E-state index is 12.1. The molecule has 1 aromatic rings. The quantitative estimate of drug-likeness (QED) is 0.679. The normalized spacial score (nSPS) is 18.9. The van der Waals surface area contributed by atoms with E-state index in [4.69, 9.17) is 5.11 Å². The lowest BCUT2D eigenvalue weighted by Gasteiger charge is -2.20. The number of rotatable bonds is 2. The molecule has 7 nitrogen and oxygen atoms in total. The number of carboxylic acid groups (broad SMARTS) is 1. The predicted molar refractivity (Wildman–Crippen MR) is 63.6 cm³/mol. The van der Waals surface area contributed by atoms with Gasteiger partial charge in [-0.25, -0.2) is 4.79 Å². The summed E-state index contributed by atoms with van der Waals surface area (Å²) in [5, 5.41) is 18.2. The Hall–Kier alpha value is -1.96. The number of pyridine rings is 1. The van der Waals surface area contributed by atoms with Gasteiger partial charge in [0, 0.05) is 17.9 Å². The van der Waals surface area contributed by atoms with Gasteiger partial charge in [-0.2, -0.15) is 0 Å². The Morgan fingerprint density at radius 3 is 2.78 bits per heavy atom. The number of amides is 1. The number of aromatic amines is 1. The van der Waals surface area contributed by atoms with Gasteiger partial charge in [0.25, 0.3) is 11.5 Å². The topological polar surface area (TPSA) is 111 Å². The van der Waals surface area contributed by atoms with Crippen LogP contribution in [0.4, 0.5) is 0 Å². The molecule has 0 aromatic carbocycles. The first-order valence-electron chi connectivity index (χ1n) is 5.04. The summed E-state index contributed by atoms with van der Waals surface area (Å²) in [6.45, 7) is 0. The lowest BCUT2D eigenvalue weighted by molar-refractivity contribution is -0.140. The van der Waals surface area contributed by atoms with Crippen molar-refractivity contribution in [2.24, 2.45) is 0 Å². The number of aromatic hydroxyl groups is 1. The van der Waals surface area contributed by atoms with Crippen LogP contribution in [0.5, 0.6) is 5.88 Å². The van der Waals surface area contributed by atoms with E-state index in [-0.39, 0.29) is 11.4 Å². The van der Waals surface area contributed by atoms with Gasteiger partial charge in [0.15, 0.2) is 5.88 Å². The first-order chi connectivity index (χ1) is 8.49. The third-order valence-electron chi connectivity index (χ3n) is 2.51. The molecular formula is C10H10N2O5S. The van der Waals surface area contributed by atoms with Gasteiger partial charge in [0.1, 0.15) is 6.04 Å². The van der Waals surface area contributed by atoms with Crippen molar-refractivity contribution in [2.45, 2.75) is 6.04 Å². The molecule has 0 aliphatic carbocycles. The van der Waals surface area contributed by atoms with Crippen molar-refractivity contribution >= 4 is 23.6 Å². The fourth-order valence-electron chi connectivity index (χ4n) is 1.67. The highest BCUT2D eigenvalue weighted by Gasteiger charge is 2.35. The average molecular weight is 270 g/mol. The molecular weight excluding hydrogens is 260 g/mol. The third-order valence-corrected chi connectivity index (χ3v) is 3.52. The number of H-pyrrole nitrogens is 1. The Balaban J connectivity index is 2.30. The summed E-state index contributed by atoms with van der Waals surface area (Å²) >= 11 is 1.33. The molecule has 1 atom stereocenters. The number of hydrogen-bond donors (Lipinski definition) is 3. The van der Waals surface area contributed by atoms with E-state index >= 15 is 0 Å². The van der Waals surface area contributed by atoms with Gasteiger partial charge in [0.05, 0.1) is 11.4 Å². The molecule has 0 unspecified atom stereocenters. The molecule has 1 saturated heterocycles. The maximum Gasteiger partial charge on any atom is 0.327 e. The molecule has 2 heterocycles. The third kappa shape index (κ3) is 2.33. The number of carbonyl (C=O) groups excluding carboxylic acids is 1. The predicted octanol–water partition coefficient (Wildman–Crippen LogP) is -0.320. The number of carbonyl (C=O) groups is 2. The number of carboxylic acids is 1. The molecule has 2 rings (SSSR count). The fourth-order valence-corrected chi connectivity index (χ4v) is 2.81. The van der Waals surface area contributed by atoms with Crippen LogP contribution in [-0.4, -0.2) is 49.6 Å². The summed E-state index contributed by atoms with van der Waals surface area (Å²) in [5.74, 6) is -1.51. The van der Waals surface area contributed by atoms with E-state index in [1.807, 2.05) is 0 Å². The van der Waals surface area contributed by atoms with Crippen molar-refractivity contribution < 1.29 is 19.8 Å². The Morgan fingerprint density at radius 2 is 2.17 bits per heavy atom. The molecule has 0 spiro atoms. The van der Waals surface area contributed by atoms with Gasteiger partial charge in [-0.15, -0.1) is 11.8 Å². The zero-order chi connectivity index (χ0) is 13.3. The van der Waals surface area contributed by atoms with Gasteiger partial charge < -0.3 is 15.1 Å². The number of aromatic nitrogens is 1. The van der Waals surface area contributed by atoms with Crippen molar-refractivity contribution in [1.82, 2.24) is 9.88 Å². The van der Waals surface area contributed by atoms with E-state index in [2.05, 4.69) is 4.98 Å². The Labute approximate surface area is 105 Å². The number of thioether (sulfide) groups is 1. The average Bonchev–Trinajstić information content (AvgIpc) is 2.75. The molecule has 0 saturated carbocycles. The second kappa shape index (κ2) is 4.73. The van der Waals surface area contributed by atoms with Crippen molar-refractivity contribution in [3.05, 3.63) is 28.0 Å². The molecule has 8 heteroatoms. The van der Waals surface area contributed by atoms with Crippen molar-refractivity contribution in [1.29, 1.82) is 0 Å². The summed E-state index contributed by atoms with van der Waals surface area (Å²) in [7, 11) is 0. The summed E-state index contributed by atoms with van der Waals surface area (Å²) < 4.78 is 0. The lowest BCUT2D eigenvalue weighted by atomic mass is 10.2. The highest BCUT2D eigenvalue weighted by molar-refractivity contribution is 7.99. The van der Waals surface area contributed by atoms with Gasteiger partial charge in [-0.3, -0.25) is 14.6 Å². The minimum Gasteiger partial charge on any atom is -0.494 e. The molecule has 1 aromatic heterocycles. The molecule has 18 heavy (non-hydrogen) atoms. The largest absolute Gasteiger partial charge is 0.494 e. The van der Waals surface area contributed by atoms with Crippen molar-refractivity contribution in [2.75, 3.05) is 11.6 Å². The first-order valence-corrected chi connectivity index (χ1v) is 6.19. The summed E-state index contributed by atoms with van der Waals surface area (Å²) in [4.78, 5) is 37.4. The van der Waals surface area contributed by atoms with Crippen LogP contribution in [0.1, 0.15) is 10.4 Å². The molecule has 96 valence electrons. The summed E-state index contributed by atoms with van der Waals surface area (Å²) in [6, 6.07) is 1.24. The van der Waals surface area contributed by atoms with E-state index in [1.54, 1.807) is 0 Å². The van der Waals surface area contributed by atoms with E-state index < -0.39 is 29.4 Å². The second-order valence-corrected chi connectivity index (χ2v) is 4.75. The van der Waals surface area contributed by atoms with Crippen LogP contribution in [0.15, 0.2) is 16.9 Å². The Morgan fingerprint density at radius 1 is 1.44 bits per heavy atom. The SMILES string of the molecule is O=C(O)[C@@H]1CSCN1C(=O)c1cc(O)[nH]c(=O)c1. The molecule has 0 bridgehead atoms. The molecule has 1 fully saturated rings. The van der Waals surface area contributed by atoms with Crippen molar-refractivity contribution in [3.63, 3.8) is 0 Å². The van der Waals surface area contributed by atoms with Crippen LogP contribution in [-0.2, 0) is 4.79 Å². The fraction of sp³-hybridized carbons (Fsp3) is 0.300. The highest BCUT2D eigenvalue weighted by Crippen LogP contribution is 2.23. The van der Waals surface area contributed by atoms with E-state index in [0.717, 1.165) is 12.1 Å². The van der Waals surface area contributed by atoms with Gasteiger partial charge in [-0.05, 0) is 0 Å². The summed E-state index contributed by atoms with van der Waals surface area (Å²) in [5.41, 5.74) is -0.637. The van der Waals surface area contributed by atoms with Crippen LogP contribution < -0.4 is 5.56 Å². The minimum absolute atomic E-state index is 0.0231. The molecule has 3 N–H and O–H groups in total. The first kappa shape index (κ1) is 12.5. The van der Waals surface area contributed by atoms with Gasteiger partial charge >= 0.3 is 5.97 Å². The minimum atomic E-state index is -1.08. The smallest absolute Gasteiger partial charge is 0.327 e. The van der Waals surface area contributed by atoms with Gasteiger partial charge in [0.2, 0.25) is 0 Å². The maximum absolute atomic E-state index is 12.1. The van der Waals surface area contributed by atoms with Crippen LogP contribution in [0, 0.1) is 0 Å². The van der Waals surface area contributed by atoms with E-state index in [1.165, 1.54) is 16.7 Å². The summed E-state index contributed by atoms with van der Waals surface area (Å²) in [6.07, 6.45) is 0. The molecule has 1 amide bonds. The number of hydrogen-bond acceptors (Lipinski definition) is 5. The number of nitrogens with one attached hydrogen (secondary N) is 1. The van der Waals surface area contributed by atoms with E-state index in [9.17, 15) is 19.5 Å². The molecule has 0 radical (unpaired) electrons.